The van der Waals surface area contributed by atoms with Crippen molar-refractivity contribution in [3.63, 3.8) is 0 Å². The van der Waals surface area contributed by atoms with E-state index in [1.165, 1.54) is 0 Å². The second kappa shape index (κ2) is 10.2. The van der Waals surface area contributed by atoms with Crippen molar-refractivity contribution >= 4 is 29.6 Å². The first-order chi connectivity index (χ1) is 16.5. The standard InChI is InChI=1S/C25H25N3O6/c1-2-33-24(31)21-18(26-25(32)27-22(21)16-9-4-3-5-10-16)15-34-23(30)17-11-6-7-12-19(17)28-14-8-13-20(28)29/h3-7,9-12,22H,2,8,13-15H2,1H3,(H2,26,27,32). The molecule has 0 bridgehead atoms. The van der Waals surface area contributed by atoms with Gasteiger partial charge in [0, 0.05) is 13.0 Å². The second-order valence-electron chi connectivity index (χ2n) is 7.80. The highest BCUT2D eigenvalue weighted by molar-refractivity contribution is 6.03. The molecule has 1 fully saturated rings. The van der Waals surface area contributed by atoms with Crippen LogP contribution in [0.3, 0.4) is 0 Å². The zero-order chi connectivity index (χ0) is 24.1. The molecule has 0 aromatic heterocycles. The van der Waals surface area contributed by atoms with Crippen LogP contribution in [-0.4, -0.2) is 43.6 Å². The van der Waals surface area contributed by atoms with Crippen molar-refractivity contribution < 1.29 is 28.7 Å². The van der Waals surface area contributed by atoms with E-state index in [0.29, 0.717) is 24.2 Å². The summed E-state index contributed by atoms with van der Waals surface area (Å²) in [6.07, 6.45) is 1.15. The van der Waals surface area contributed by atoms with Crippen molar-refractivity contribution in [1.29, 1.82) is 0 Å². The van der Waals surface area contributed by atoms with E-state index < -0.39 is 24.0 Å². The maximum Gasteiger partial charge on any atom is 0.340 e. The summed E-state index contributed by atoms with van der Waals surface area (Å²) in [5.74, 6) is -1.35. The Morgan fingerprint density at radius 1 is 1.00 bits per heavy atom. The first kappa shape index (κ1) is 23.0. The van der Waals surface area contributed by atoms with Crippen LogP contribution in [0.4, 0.5) is 10.5 Å². The SMILES string of the molecule is CCOC(=O)C1=C(COC(=O)c2ccccc2N2CCCC2=O)NC(=O)NC1c1ccccc1. The summed E-state index contributed by atoms with van der Waals surface area (Å²) in [6.45, 7) is 2.00. The van der Waals surface area contributed by atoms with E-state index in [4.69, 9.17) is 9.47 Å². The molecule has 1 saturated heterocycles. The smallest absolute Gasteiger partial charge is 0.340 e. The molecular formula is C25H25N3O6. The molecule has 9 heteroatoms. The molecule has 4 rings (SSSR count). The third-order valence-corrected chi connectivity index (χ3v) is 5.62. The summed E-state index contributed by atoms with van der Waals surface area (Å²) in [6, 6.07) is 14.4. The number of ether oxygens (including phenoxy) is 2. The lowest BCUT2D eigenvalue weighted by atomic mass is 9.95. The van der Waals surface area contributed by atoms with Crippen molar-refractivity contribution in [3.05, 3.63) is 77.0 Å². The van der Waals surface area contributed by atoms with E-state index in [1.807, 2.05) is 6.07 Å². The Bertz CT molecular complexity index is 1140. The van der Waals surface area contributed by atoms with E-state index in [-0.39, 0.29) is 36.0 Å². The molecule has 1 atom stereocenters. The highest BCUT2D eigenvalue weighted by Gasteiger charge is 2.34. The third-order valence-electron chi connectivity index (χ3n) is 5.62. The Morgan fingerprint density at radius 3 is 2.44 bits per heavy atom. The highest BCUT2D eigenvalue weighted by atomic mass is 16.5. The number of para-hydroxylation sites is 1. The fraction of sp³-hybridized carbons (Fsp3) is 0.280. The van der Waals surface area contributed by atoms with Crippen molar-refractivity contribution in [2.24, 2.45) is 0 Å². The molecule has 2 aromatic rings. The van der Waals surface area contributed by atoms with Gasteiger partial charge in [-0.05, 0) is 31.0 Å². The zero-order valence-corrected chi connectivity index (χ0v) is 18.7. The molecule has 2 N–H and O–H groups in total. The maximum atomic E-state index is 13.0. The van der Waals surface area contributed by atoms with Gasteiger partial charge in [-0.15, -0.1) is 0 Å². The Morgan fingerprint density at radius 2 is 1.74 bits per heavy atom. The number of carbonyl (C=O) groups excluding carboxylic acids is 4. The summed E-state index contributed by atoms with van der Waals surface area (Å²) in [5, 5.41) is 5.31. The molecule has 0 aliphatic carbocycles. The summed E-state index contributed by atoms with van der Waals surface area (Å²) >= 11 is 0. The van der Waals surface area contributed by atoms with Crippen molar-refractivity contribution in [2.75, 3.05) is 24.7 Å². The molecule has 1 unspecified atom stereocenters. The van der Waals surface area contributed by atoms with Gasteiger partial charge >= 0.3 is 18.0 Å². The van der Waals surface area contributed by atoms with Crippen LogP contribution in [0, 0.1) is 0 Å². The van der Waals surface area contributed by atoms with Crippen LogP contribution >= 0.6 is 0 Å². The van der Waals surface area contributed by atoms with E-state index in [9.17, 15) is 19.2 Å². The van der Waals surface area contributed by atoms with Gasteiger partial charge in [-0.3, -0.25) is 4.79 Å². The lowest BCUT2D eigenvalue weighted by Gasteiger charge is -2.29. The van der Waals surface area contributed by atoms with Gasteiger partial charge in [0.15, 0.2) is 0 Å². The molecule has 9 nitrogen and oxygen atoms in total. The minimum Gasteiger partial charge on any atom is -0.463 e. The number of hydrogen-bond donors (Lipinski definition) is 2. The number of amides is 3. The topological polar surface area (TPSA) is 114 Å². The number of hydrogen-bond acceptors (Lipinski definition) is 6. The Labute approximate surface area is 196 Å². The van der Waals surface area contributed by atoms with Crippen molar-refractivity contribution in [3.8, 4) is 0 Å². The Balaban J connectivity index is 1.62. The van der Waals surface area contributed by atoms with Crippen LogP contribution in [0.5, 0.6) is 0 Å². The van der Waals surface area contributed by atoms with Gasteiger partial charge in [0.05, 0.1) is 35.2 Å². The van der Waals surface area contributed by atoms with Crippen molar-refractivity contribution in [2.45, 2.75) is 25.8 Å². The first-order valence-electron chi connectivity index (χ1n) is 11.1. The van der Waals surface area contributed by atoms with Crippen LogP contribution in [0.1, 0.15) is 41.7 Å². The average Bonchev–Trinajstić information content (AvgIpc) is 3.28. The van der Waals surface area contributed by atoms with Crippen LogP contribution in [0.15, 0.2) is 65.9 Å². The van der Waals surface area contributed by atoms with Gasteiger partial charge in [-0.1, -0.05) is 42.5 Å². The average molecular weight is 463 g/mol. The van der Waals surface area contributed by atoms with Gasteiger partial charge in [0.25, 0.3) is 0 Å². The summed E-state index contributed by atoms with van der Waals surface area (Å²) in [5.41, 5.74) is 1.69. The van der Waals surface area contributed by atoms with Crippen molar-refractivity contribution in [1.82, 2.24) is 10.6 Å². The van der Waals surface area contributed by atoms with Gasteiger partial charge in [-0.2, -0.15) is 0 Å². The molecule has 0 saturated carbocycles. The number of rotatable bonds is 7. The van der Waals surface area contributed by atoms with Crippen LogP contribution in [0.2, 0.25) is 0 Å². The van der Waals surface area contributed by atoms with Crippen LogP contribution in [0.25, 0.3) is 0 Å². The molecular weight excluding hydrogens is 438 g/mol. The van der Waals surface area contributed by atoms with E-state index in [1.54, 1.807) is 60.4 Å². The molecule has 0 radical (unpaired) electrons. The minimum absolute atomic E-state index is 0.0520. The highest BCUT2D eigenvalue weighted by Crippen LogP contribution is 2.29. The van der Waals surface area contributed by atoms with Crippen LogP contribution < -0.4 is 15.5 Å². The Kier molecular flexibility index (Phi) is 6.91. The molecule has 0 spiro atoms. The monoisotopic (exact) mass is 463 g/mol. The minimum atomic E-state index is -0.766. The van der Waals surface area contributed by atoms with Gasteiger partial charge in [-0.25, -0.2) is 14.4 Å². The summed E-state index contributed by atoms with van der Waals surface area (Å²) < 4.78 is 10.7. The maximum absolute atomic E-state index is 13.0. The number of carbonyl (C=O) groups is 4. The van der Waals surface area contributed by atoms with E-state index in [0.717, 1.165) is 6.42 Å². The lowest BCUT2D eigenvalue weighted by molar-refractivity contribution is -0.139. The number of anilines is 1. The molecule has 2 aliphatic rings. The summed E-state index contributed by atoms with van der Waals surface area (Å²) in [7, 11) is 0. The first-order valence-corrected chi connectivity index (χ1v) is 11.1. The fourth-order valence-electron chi connectivity index (χ4n) is 4.08. The predicted octanol–water partition coefficient (Wildman–Crippen LogP) is 2.84. The van der Waals surface area contributed by atoms with Gasteiger partial charge in [0.1, 0.15) is 6.61 Å². The quantitative estimate of drug-likeness (QED) is 0.611. The molecule has 176 valence electrons. The lowest BCUT2D eigenvalue weighted by Crippen LogP contribution is -2.47. The fourth-order valence-corrected chi connectivity index (χ4v) is 4.08. The molecule has 2 aliphatic heterocycles. The third kappa shape index (κ3) is 4.78. The zero-order valence-electron chi connectivity index (χ0n) is 18.7. The van der Waals surface area contributed by atoms with Gasteiger partial charge in [0.2, 0.25) is 5.91 Å². The second-order valence-corrected chi connectivity index (χ2v) is 7.80. The number of esters is 2. The normalized spacial score (nSPS) is 17.8. The Hall–Kier alpha value is -4.14. The van der Waals surface area contributed by atoms with E-state index in [2.05, 4.69) is 10.6 Å². The predicted molar refractivity (Wildman–Crippen MR) is 123 cm³/mol. The molecule has 2 heterocycles. The number of benzene rings is 2. The number of urea groups is 1. The van der Waals surface area contributed by atoms with Crippen LogP contribution in [-0.2, 0) is 19.1 Å². The molecule has 2 aromatic carbocycles. The number of nitrogens with one attached hydrogen (secondary N) is 2. The molecule has 34 heavy (non-hydrogen) atoms. The van der Waals surface area contributed by atoms with E-state index >= 15 is 0 Å². The number of nitrogens with zero attached hydrogens (tertiary/aromatic N) is 1. The summed E-state index contributed by atoms with van der Waals surface area (Å²) in [4.78, 5) is 51.9. The largest absolute Gasteiger partial charge is 0.463 e. The molecule has 3 amide bonds. The van der Waals surface area contributed by atoms with Gasteiger partial charge < -0.3 is 25.0 Å².